The van der Waals surface area contributed by atoms with E-state index in [4.69, 9.17) is 9.47 Å². The molecule has 0 amide bonds. The fourth-order valence-electron chi connectivity index (χ4n) is 2.11. The van der Waals surface area contributed by atoms with Crippen LogP contribution < -0.4 is 18.7 Å². The second-order valence-corrected chi connectivity index (χ2v) is 9.93. The number of aryl methyl sites for hydroxylation is 1. The van der Waals surface area contributed by atoms with Crippen LogP contribution in [0.25, 0.3) is 0 Å². The minimum absolute atomic E-state index is 0.0856. The van der Waals surface area contributed by atoms with Gasteiger partial charge in [-0.25, -0.2) is 4.79 Å². The summed E-state index contributed by atoms with van der Waals surface area (Å²) in [6.45, 7) is 1.77. The van der Waals surface area contributed by atoms with Crippen LogP contribution in [0.4, 0.5) is 4.79 Å². The van der Waals surface area contributed by atoms with E-state index in [-0.39, 0.29) is 12.4 Å². The van der Waals surface area contributed by atoms with Gasteiger partial charge in [-0.2, -0.15) is 14.0 Å². The quantitative estimate of drug-likeness (QED) is 0.522. The van der Waals surface area contributed by atoms with Gasteiger partial charge in [0.15, 0.2) is 0 Å². The molecule has 0 saturated heterocycles. The van der Waals surface area contributed by atoms with Crippen molar-refractivity contribution in [2.75, 3.05) is 12.5 Å². The Hall–Kier alpha value is -1.81. The summed E-state index contributed by atoms with van der Waals surface area (Å²) in [6, 6.07) is 13.8. The zero-order valence-electron chi connectivity index (χ0n) is 14.5. The maximum atomic E-state index is 11.8. The number of rotatable bonds is 6. The average molecular weight is 403 g/mol. The lowest BCUT2D eigenvalue weighted by atomic mass is 10.2. The fourth-order valence-corrected chi connectivity index (χ4v) is 4.80. The highest BCUT2D eigenvalue weighted by molar-refractivity contribution is 8.28. The molecular formula is C17H19ClO7S. The van der Waals surface area contributed by atoms with Crippen molar-refractivity contribution < 1.29 is 42.2 Å². The second kappa shape index (κ2) is 8.26. The van der Waals surface area contributed by atoms with E-state index in [1.807, 2.05) is 30.3 Å². The Morgan fingerprint density at radius 1 is 1.08 bits per heavy atom. The van der Waals surface area contributed by atoms with Crippen LogP contribution in [0.5, 0.6) is 5.75 Å². The number of hydrogen-bond donors (Lipinski definition) is 0. The van der Waals surface area contributed by atoms with Crippen molar-refractivity contribution >= 4 is 16.5 Å². The van der Waals surface area contributed by atoms with Crippen LogP contribution in [0.3, 0.4) is 0 Å². The van der Waals surface area contributed by atoms with Crippen molar-refractivity contribution in [1.82, 2.24) is 0 Å². The lowest BCUT2D eigenvalue weighted by Gasteiger charge is -2.27. The standard InChI is InChI=1S/C17H19ClO7S/c1-13-11-15(26(2,3)25-18(20,21)22)9-10-16(13)24-17(19)23-12-14-7-5-4-6-8-14/h4-11H,12H2,1-3H3. The molecule has 0 heterocycles. The van der Waals surface area contributed by atoms with Crippen molar-refractivity contribution in [2.24, 2.45) is 0 Å². The lowest BCUT2D eigenvalue weighted by molar-refractivity contribution is -1.91. The molecule has 142 valence electrons. The van der Waals surface area contributed by atoms with E-state index in [0.717, 1.165) is 5.56 Å². The molecule has 0 aliphatic carbocycles. The summed E-state index contributed by atoms with van der Waals surface area (Å²) in [5.74, 6) is 0.268. The molecule has 0 spiro atoms. The average Bonchev–Trinajstić information content (AvgIpc) is 2.53. The van der Waals surface area contributed by atoms with Gasteiger partial charge in [0.25, 0.3) is 0 Å². The summed E-state index contributed by atoms with van der Waals surface area (Å²) >= 11 is 0. The Kier molecular flexibility index (Phi) is 6.51. The van der Waals surface area contributed by atoms with Gasteiger partial charge in [0, 0.05) is 27.7 Å². The Labute approximate surface area is 155 Å². The first-order valence-electron chi connectivity index (χ1n) is 7.41. The zero-order chi connectivity index (χ0) is 19.4. The van der Waals surface area contributed by atoms with Crippen LogP contribution in [-0.4, -0.2) is 18.7 Å². The van der Waals surface area contributed by atoms with Gasteiger partial charge in [0.2, 0.25) is 0 Å². The minimum atomic E-state index is -4.54. The highest BCUT2D eigenvalue weighted by Gasteiger charge is 2.34. The molecule has 0 aromatic heterocycles. The van der Waals surface area contributed by atoms with Gasteiger partial charge < -0.3 is 9.47 Å². The van der Waals surface area contributed by atoms with E-state index in [2.05, 4.69) is 3.74 Å². The second-order valence-electron chi connectivity index (χ2n) is 5.73. The summed E-state index contributed by atoms with van der Waals surface area (Å²) in [7, 11) is -6.86. The van der Waals surface area contributed by atoms with E-state index in [1.54, 1.807) is 19.1 Å². The summed E-state index contributed by atoms with van der Waals surface area (Å²) < 4.78 is 47.3. The SMILES string of the molecule is Cc1cc(S(C)(C)O[Cl+3]([O-])([O-])[O-])ccc1OC(=O)OCc1ccccc1. The van der Waals surface area contributed by atoms with Crippen molar-refractivity contribution in [2.45, 2.75) is 18.4 Å². The van der Waals surface area contributed by atoms with E-state index in [1.165, 1.54) is 18.6 Å². The summed E-state index contributed by atoms with van der Waals surface area (Å²) in [5, 5.41) is 0. The molecule has 2 rings (SSSR count). The van der Waals surface area contributed by atoms with E-state index < -0.39 is 26.7 Å². The molecule has 0 unspecified atom stereocenters. The van der Waals surface area contributed by atoms with Crippen molar-refractivity contribution in [3.63, 3.8) is 0 Å². The molecule has 0 N–H and O–H groups in total. The van der Waals surface area contributed by atoms with Crippen LogP contribution in [0.15, 0.2) is 53.4 Å². The van der Waals surface area contributed by atoms with Crippen LogP contribution in [0.2, 0.25) is 0 Å². The fraction of sp³-hybridized carbons (Fsp3) is 0.235. The highest BCUT2D eigenvalue weighted by atomic mass is 35.7. The van der Waals surface area contributed by atoms with Crippen molar-refractivity contribution in [3.8, 4) is 5.75 Å². The van der Waals surface area contributed by atoms with Gasteiger partial charge in [-0.1, -0.05) is 30.3 Å². The third-order valence-corrected chi connectivity index (χ3v) is 6.61. The molecule has 0 radical (unpaired) electrons. The third kappa shape index (κ3) is 6.17. The van der Waals surface area contributed by atoms with Gasteiger partial charge in [-0.15, -0.1) is 0 Å². The molecule has 0 atom stereocenters. The number of carbonyl (C=O) groups excluding carboxylic acids is 1. The topological polar surface area (TPSA) is 114 Å². The Balaban J connectivity index is 2.01. The molecule has 7 nitrogen and oxygen atoms in total. The van der Waals surface area contributed by atoms with E-state index in [0.29, 0.717) is 10.5 Å². The predicted molar refractivity (Wildman–Crippen MR) is 87.2 cm³/mol. The predicted octanol–water partition coefficient (Wildman–Crippen LogP) is 0.963. The molecule has 0 aliphatic heterocycles. The molecule has 0 fully saturated rings. The largest absolute Gasteiger partial charge is 0.514 e. The monoisotopic (exact) mass is 402 g/mol. The molecular weight excluding hydrogens is 384 g/mol. The normalized spacial score (nSPS) is 12.5. The van der Waals surface area contributed by atoms with Crippen LogP contribution in [-0.2, 0) is 15.1 Å². The summed E-state index contributed by atoms with van der Waals surface area (Å²) in [6.07, 6.45) is 2.20. The number of hydrogen-bond acceptors (Lipinski definition) is 7. The van der Waals surface area contributed by atoms with Gasteiger partial charge in [-0.05, 0) is 36.2 Å². The zero-order valence-corrected chi connectivity index (χ0v) is 16.0. The first-order valence-corrected chi connectivity index (χ1v) is 11.0. The maximum absolute atomic E-state index is 11.8. The molecule has 2 aromatic rings. The van der Waals surface area contributed by atoms with Crippen molar-refractivity contribution in [1.29, 1.82) is 0 Å². The number of carbonyl (C=O) groups is 1. The molecule has 9 heteroatoms. The van der Waals surface area contributed by atoms with Gasteiger partial charge >= 0.3 is 6.16 Å². The summed E-state index contributed by atoms with van der Waals surface area (Å²) in [5.41, 5.74) is 1.40. The molecule has 0 saturated carbocycles. The lowest BCUT2D eigenvalue weighted by Crippen LogP contribution is -2.61. The summed E-state index contributed by atoms with van der Waals surface area (Å²) in [4.78, 5) is 12.3. The Morgan fingerprint density at radius 3 is 2.31 bits per heavy atom. The molecule has 0 bridgehead atoms. The van der Waals surface area contributed by atoms with Gasteiger partial charge in [0.05, 0.1) is 10.2 Å². The molecule has 26 heavy (non-hydrogen) atoms. The minimum Gasteiger partial charge on any atom is -0.429 e. The highest BCUT2D eigenvalue weighted by Crippen LogP contribution is 2.52. The van der Waals surface area contributed by atoms with Crippen LogP contribution in [0, 0.1) is 17.2 Å². The number of benzene rings is 2. The molecule has 0 aliphatic rings. The van der Waals surface area contributed by atoms with Crippen LogP contribution >= 0.6 is 10.3 Å². The van der Waals surface area contributed by atoms with Gasteiger partial charge in [0.1, 0.15) is 16.1 Å². The number of ether oxygens (including phenoxy) is 2. The smallest absolute Gasteiger partial charge is 0.429 e. The van der Waals surface area contributed by atoms with Crippen molar-refractivity contribution in [3.05, 3.63) is 59.7 Å². The van der Waals surface area contributed by atoms with Gasteiger partial charge in [-0.3, -0.25) is 0 Å². The third-order valence-electron chi connectivity index (χ3n) is 3.34. The van der Waals surface area contributed by atoms with Crippen LogP contribution in [0.1, 0.15) is 11.1 Å². The Bertz CT molecular complexity index is 759. The Morgan fingerprint density at radius 2 is 1.73 bits per heavy atom. The maximum Gasteiger partial charge on any atom is 0.514 e. The first kappa shape index (κ1) is 20.5. The number of halogens is 1. The van der Waals surface area contributed by atoms with E-state index >= 15 is 0 Å². The molecule has 2 aromatic carbocycles. The van der Waals surface area contributed by atoms with E-state index in [9.17, 15) is 18.8 Å². The first-order chi connectivity index (χ1) is 12.1.